The van der Waals surface area contributed by atoms with Crippen molar-refractivity contribution in [3.63, 3.8) is 0 Å². The lowest BCUT2D eigenvalue weighted by molar-refractivity contribution is 0.102. The molecule has 0 atom stereocenters. The summed E-state index contributed by atoms with van der Waals surface area (Å²) in [5, 5.41) is 3.43. The molecule has 6 nitrogen and oxygen atoms in total. The number of carbonyl (C=O) groups is 1. The number of benzene rings is 1. The molecule has 0 saturated heterocycles. The third-order valence-electron chi connectivity index (χ3n) is 4.55. The zero-order valence-electron chi connectivity index (χ0n) is 15.2. The van der Waals surface area contributed by atoms with Gasteiger partial charge in [-0.25, -0.2) is 17.7 Å². The largest absolute Gasteiger partial charge is 0.298 e. The molecular weight excluding hydrogens is 370 g/mol. The van der Waals surface area contributed by atoms with Crippen molar-refractivity contribution in [2.45, 2.75) is 43.9 Å². The van der Waals surface area contributed by atoms with Gasteiger partial charge in [-0.1, -0.05) is 12.5 Å². The van der Waals surface area contributed by atoms with E-state index in [-0.39, 0.29) is 10.8 Å². The molecule has 1 aromatic carbocycles. The fourth-order valence-corrected chi connectivity index (χ4v) is 4.94. The van der Waals surface area contributed by atoms with Crippen LogP contribution in [0.25, 0.3) is 0 Å². The molecule has 1 aliphatic rings. The topological polar surface area (TPSA) is 79.4 Å². The Morgan fingerprint density at radius 1 is 1.19 bits per heavy atom. The van der Waals surface area contributed by atoms with Gasteiger partial charge >= 0.3 is 0 Å². The van der Waals surface area contributed by atoms with Crippen molar-refractivity contribution in [1.29, 1.82) is 0 Å². The lowest BCUT2D eigenvalue weighted by Crippen LogP contribution is -2.23. The van der Waals surface area contributed by atoms with Crippen LogP contribution in [0.3, 0.4) is 0 Å². The molecule has 8 heteroatoms. The van der Waals surface area contributed by atoms with Crippen molar-refractivity contribution < 1.29 is 13.2 Å². The molecule has 1 N–H and O–H groups in total. The zero-order valence-corrected chi connectivity index (χ0v) is 16.8. The van der Waals surface area contributed by atoms with Crippen LogP contribution in [0.4, 0.5) is 5.13 Å². The Hall–Kier alpha value is -1.77. The number of fused-ring (bicyclic) bond motifs is 1. The minimum absolute atomic E-state index is 0.105. The fourth-order valence-electron chi connectivity index (χ4n) is 2.96. The molecule has 2 aromatic rings. The second-order valence-electron chi connectivity index (χ2n) is 6.67. The van der Waals surface area contributed by atoms with Gasteiger partial charge in [0.2, 0.25) is 10.0 Å². The molecule has 140 valence electrons. The molecular formula is C18H23N3O3S2. The van der Waals surface area contributed by atoms with Gasteiger partial charge in [0.25, 0.3) is 5.91 Å². The van der Waals surface area contributed by atoms with E-state index in [2.05, 4.69) is 10.3 Å². The number of hydrogen-bond acceptors (Lipinski definition) is 5. The van der Waals surface area contributed by atoms with Crippen molar-refractivity contribution in [3.05, 3.63) is 39.9 Å². The molecule has 0 saturated carbocycles. The summed E-state index contributed by atoms with van der Waals surface area (Å²) < 4.78 is 25.8. The van der Waals surface area contributed by atoms with Gasteiger partial charge in [0.1, 0.15) is 0 Å². The van der Waals surface area contributed by atoms with Crippen LogP contribution in [-0.4, -0.2) is 37.7 Å². The number of rotatable bonds is 4. The molecule has 1 heterocycles. The van der Waals surface area contributed by atoms with E-state index in [1.165, 1.54) is 48.9 Å². The Morgan fingerprint density at radius 3 is 2.65 bits per heavy atom. The molecule has 3 rings (SSSR count). The smallest absolute Gasteiger partial charge is 0.257 e. The number of nitrogens with zero attached hydrogens (tertiary/aromatic N) is 2. The van der Waals surface area contributed by atoms with Crippen LogP contribution in [0.5, 0.6) is 0 Å². The van der Waals surface area contributed by atoms with E-state index < -0.39 is 10.0 Å². The highest BCUT2D eigenvalue weighted by atomic mass is 32.2. The lowest BCUT2D eigenvalue weighted by Gasteiger charge is -2.13. The third-order valence-corrected chi connectivity index (χ3v) is 7.43. The molecule has 1 aliphatic carbocycles. The maximum Gasteiger partial charge on any atom is 0.257 e. The number of anilines is 1. The first-order valence-electron chi connectivity index (χ1n) is 8.62. The number of hydrogen-bond donors (Lipinski definition) is 1. The minimum atomic E-state index is -3.59. The highest BCUT2D eigenvalue weighted by Crippen LogP contribution is 2.29. The van der Waals surface area contributed by atoms with Crippen LogP contribution in [0.1, 0.15) is 45.8 Å². The summed E-state index contributed by atoms with van der Waals surface area (Å²) in [4.78, 5) is 18.6. The van der Waals surface area contributed by atoms with Crippen molar-refractivity contribution in [2.75, 3.05) is 19.4 Å². The summed E-state index contributed by atoms with van der Waals surface area (Å²) in [7, 11) is -0.649. The van der Waals surface area contributed by atoms with Gasteiger partial charge in [-0.3, -0.25) is 10.1 Å². The maximum absolute atomic E-state index is 12.7. The molecule has 0 unspecified atom stereocenters. The third kappa shape index (κ3) is 3.82. The second kappa shape index (κ2) is 7.46. The normalized spacial score (nSPS) is 14.8. The average molecular weight is 394 g/mol. The molecule has 0 spiro atoms. The standard InChI is InChI=1S/C18H23N3O3S2/c1-12-9-10-13(26(23,24)21(2)3)11-14(12)17(22)20-18-19-15-7-5-4-6-8-16(15)25-18/h9-11H,4-8H2,1-3H3,(H,19,20,22). The van der Waals surface area contributed by atoms with Gasteiger partial charge in [0, 0.05) is 24.5 Å². The van der Waals surface area contributed by atoms with Gasteiger partial charge in [0.05, 0.1) is 10.6 Å². The Morgan fingerprint density at radius 2 is 1.92 bits per heavy atom. The number of aromatic nitrogens is 1. The molecule has 0 bridgehead atoms. The Kier molecular flexibility index (Phi) is 5.45. The van der Waals surface area contributed by atoms with E-state index in [0.29, 0.717) is 10.7 Å². The second-order valence-corrected chi connectivity index (χ2v) is 9.90. The van der Waals surface area contributed by atoms with Gasteiger partial charge in [-0.2, -0.15) is 0 Å². The predicted molar refractivity (Wildman–Crippen MR) is 103 cm³/mol. The van der Waals surface area contributed by atoms with E-state index in [1.54, 1.807) is 13.0 Å². The maximum atomic E-state index is 12.7. The average Bonchev–Trinajstić information content (AvgIpc) is 2.83. The highest BCUT2D eigenvalue weighted by molar-refractivity contribution is 7.89. The molecule has 0 fully saturated rings. The van der Waals surface area contributed by atoms with Crippen molar-refractivity contribution >= 4 is 32.4 Å². The summed E-state index contributed by atoms with van der Waals surface area (Å²) in [6.07, 6.45) is 5.48. The Balaban J connectivity index is 1.86. The summed E-state index contributed by atoms with van der Waals surface area (Å²) in [6, 6.07) is 4.61. The lowest BCUT2D eigenvalue weighted by atomic mass is 10.1. The quantitative estimate of drug-likeness (QED) is 0.809. The van der Waals surface area contributed by atoms with Crippen molar-refractivity contribution in [2.24, 2.45) is 0 Å². The molecule has 1 aromatic heterocycles. The summed E-state index contributed by atoms with van der Waals surface area (Å²) in [5.74, 6) is -0.331. The van der Waals surface area contributed by atoms with E-state index >= 15 is 0 Å². The number of thiazole rings is 1. The molecule has 1 amide bonds. The fraction of sp³-hybridized carbons (Fsp3) is 0.444. The van der Waals surface area contributed by atoms with Crippen LogP contribution in [-0.2, 0) is 22.9 Å². The number of amides is 1. The summed E-state index contributed by atoms with van der Waals surface area (Å²) in [6.45, 7) is 1.79. The SMILES string of the molecule is Cc1ccc(S(=O)(=O)N(C)C)cc1C(=O)Nc1nc2c(s1)CCCCC2. The molecule has 0 radical (unpaired) electrons. The van der Waals surface area contributed by atoms with Crippen LogP contribution in [0, 0.1) is 6.92 Å². The van der Waals surface area contributed by atoms with Crippen LogP contribution in [0.2, 0.25) is 0 Å². The van der Waals surface area contributed by atoms with Gasteiger partial charge < -0.3 is 0 Å². The Labute approximate surface area is 158 Å². The van der Waals surface area contributed by atoms with Crippen LogP contribution < -0.4 is 5.32 Å². The van der Waals surface area contributed by atoms with Crippen molar-refractivity contribution in [1.82, 2.24) is 9.29 Å². The van der Waals surface area contributed by atoms with E-state index in [4.69, 9.17) is 0 Å². The zero-order chi connectivity index (χ0) is 18.9. The van der Waals surface area contributed by atoms with Gasteiger partial charge in [-0.15, -0.1) is 11.3 Å². The molecule has 26 heavy (non-hydrogen) atoms. The first kappa shape index (κ1) is 19.0. The van der Waals surface area contributed by atoms with Gasteiger partial charge in [0.15, 0.2) is 5.13 Å². The molecule has 0 aliphatic heterocycles. The monoisotopic (exact) mass is 393 g/mol. The number of nitrogens with one attached hydrogen (secondary N) is 1. The minimum Gasteiger partial charge on any atom is -0.298 e. The number of carbonyl (C=O) groups excluding carboxylic acids is 1. The number of sulfonamides is 1. The summed E-state index contributed by atoms with van der Waals surface area (Å²) >= 11 is 1.52. The van der Waals surface area contributed by atoms with Crippen LogP contribution >= 0.6 is 11.3 Å². The Bertz CT molecular complexity index is 910. The van der Waals surface area contributed by atoms with E-state index in [0.717, 1.165) is 41.2 Å². The first-order valence-corrected chi connectivity index (χ1v) is 10.9. The van der Waals surface area contributed by atoms with Crippen molar-refractivity contribution in [3.8, 4) is 0 Å². The predicted octanol–water partition coefficient (Wildman–Crippen LogP) is 3.22. The highest BCUT2D eigenvalue weighted by Gasteiger charge is 2.21. The van der Waals surface area contributed by atoms with E-state index in [9.17, 15) is 13.2 Å². The van der Waals surface area contributed by atoms with E-state index in [1.807, 2.05) is 0 Å². The first-order chi connectivity index (χ1) is 12.3. The van der Waals surface area contributed by atoms with Gasteiger partial charge in [-0.05, 0) is 50.3 Å². The number of aryl methyl sites for hydroxylation is 3. The van der Waals surface area contributed by atoms with Crippen LogP contribution in [0.15, 0.2) is 23.1 Å². The summed E-state index contributed by atoms with van der Waals surface area (Å²) in [5.41, 5.74) is 2.15.